The van der Waals surface area contributed by atoms with E-state index >= 15 is 0 Å². The fraction of sp³-hybridized carbons (Fsp3) is 0.267. The number of pyridine rings is 1. The molecule has 1 unspecified atom stereocenters. The molecule has 3 nitrogen and oxygen atoms in total. The molecule has 3 heteroatoms. The second-order valence-corrected chi connectivity index (χ2v) is 4.40. The molecular formula is C15H18N2O. The van der Waals surface area contributed by atoms with Crippen molar-refractivity contribution in [3.8, 4) is 11.5 Å². The molecule has 2 rings (SSSR count). The fourth-order valence-electron chi connectivity index (χ4n) is 1.82. The Hall–Kier alpha value is -2.03. The molecule has 1 aromatic carbocycles. The van der Waals surface area contributed by atoms with Crippen LogP contribution in [-0.4, -0.2) is 4.98 Å². The van der Waals surface area contributed by atoms with Crippen LogP contribution in [-0.2, 0) is 0 Å². The number of benzene rings is 1. The summed E-state index contributed by atoms with van der Waals surface area (Å²) in [7, 11) is 0. The van der Waals surface area contributed by atoms with Crippen LogP contribution in [0.5, 0.6) is 11.5 Å². The molecule has 1 heterocycles. The maximum absolute atomic E-state index is 5.87. The van der Waals surface area contributed by atoms with Crippen molar-refractivity contribution >= 4 is 5.69 Å². The topological polar surface area (TPSA) is 48.1 Å². The van der Waals surface area contributed by atoms with Crippen LogP contribution in [0.15, 0.2) is 42.7 Å². The van der Waals surface area contributed by atoms with Gasteiger partial charge in [-0.15, -0.1) is 0 Å². The van der Waals surface area contributed by atoms with Gasteiger partial charge >= 0.3 is 0 Å². The van der Waals surface area contributed by atoms with Crippen LogP contribution in [0.1, 0.15) is 31.7 Å². The predicted octanol–water partition coefficient (Wildman–Crippen LogP) is 3.97. The van der Waals surface area contributed by atoms with Gasteiger partial charge in [0.1, 0.15) is 11.5 Å². The Morgan fingerprint density at radius 3 is 2.78 bits per heavy atom. The van der Waals surface area contributed by atoms with E-state index in [9.17, 15) is 0 Å². The zero-order valence-corrected chi connectivity index (χ0v) is 10.8. The van der Waals surface area contributed by atoms with Crippen molar-refractivity contribution < 1.29 is 4.74 Å². The van der Waals surface area contributed by atoms with Crippen molar-refractivity contribution in [2.45, 2.75) is 26.2 Å². The quantitative estimate of drug-likeness (QED) is 0.882. The molecule has 0 aliphatic carbocycles. The number of ether oxygens (including phenoxy) is 1. The van der Waals surface area contributed by atoms with Crippen molar-refractivity contribution in [3.63, 3.8) is 0 Å². The monoisotopic (exact) mass is 242 g/mol. The molecule has 0 fully saturated rings. The van der Waals surface area contributed by atoms with Gasteiger partial charge < -0.3 is 10.5 Å². The van der Waals surface area contributed by atoms with E-state index in [1.807, 2.05) is 18.2 Å². The third-order valence-corrected chi connectivity index (χ3v) is 3.02. The standard InChI is InChI=1S/C15H18N2O/c1-3-11(2)14-6-4-5-7-15(14)18-13-8-12(16)9-17-10-13/h4-11H,3,16H2,1-2H3. The van der Waals surface area contributed by atoms with Crippen LogP contribution in [0.2, 0.25) is 0 Å². The third kappa shape index (κ3) is 2.80. The lowest BCUT2D eigenvalue weighted by molar-refractivity contribution is 0.468. The Kier molecular flexibility index (Phi) is 3.82. The smallest absolute Gasteiger partial charge is 0.147 e. The number of nitrogen functional groups attached to an aromatic ring is 1. The molecular weight excluding hydrogens is 224 g/mol. The van der Waals surface area contributed by atoms with Crippen LogP contribution in [0, 0.1) is 0 Å². The van der Waals surface area contributed by atoms with Gasteiger partial charge in [0.2, 0.25) is 0 Å². The van der Waals surface area contributed by atoms with E-state index in [0.717, 1.165) is 12.2 Å². The lowest BCUT2D eigenvalue weighted by Gasteiger charge is -2.15. The molecule has 0 aliphatic rings. The minimum atomic E-state index is 0.468. The van der Waals surface area contributed by atoms with E-state index in [1.165, 1.54) is 5.56 Å². The summed E-state index contributed by atoms with van der Waals surface area (Å²) in [6.07, 6.45) is 4.35. The second-order valence-electron chi connectivity index (χ2n) is 4.40. The first-order valence-corrected chi connectivity index (χ1v) is 6.18. The first-order chi connectivity index (χ1) is 8.70. The zero-order chi connectivity index (χ0) is 13.0. The molecule has 0 saturated heterocycles. The van der Waals surface area contributed by atoms with E-state index in [4.69, 9.17) is 10.5 Å². The van der Waals surface area contributed by atoms with Crippen molar-refractivity contribution in [2.75, 3.05) is 5.73 Å². The van der Waals surface area contributed by atoms with Crippen LogP contribution in [0.4, 0.5) is 5.69 Å². The third-order valence-electron chi connectivity index (χ3n) is 3.02. The number of nitrogens with two attached hydrogens (primary N) is 1. The number of anilines is 1. The number of rotatable bonds is 4. The number of para-hydroxylation sites is 1. The summed E-state index contributed by atoms with van der Waals surface area (Å²) in [6, 6.07) is 9.86. The summed E-state index contributed by atoms with van der Waals surface area (Å²) in [5.41, 5.74) is 7.51. The molecule has 94 valence electrons. The van der Waals surface area contributed by atoms with Crippen molar-refractivity contribution in [1.82, 2.24) is 4.98 Å². The summed E-state index contributed by atoms with van der Waals surface area (Å²) in [4.78, 5) is 4.03. The molecule has 0 aliphatic heterocycles. The lowest BCUT2D eigenvalue weighted by atomic mass is 9.98. The van der Waals surface area contributed by atoms with Gasteiger partial charge in [-0.2, -0.15) is 0 Å². The molecule has 1 aromatic heterocycles. The van der Waals surface area contributed by atoms with Crippen molar-refractivity contribution in [3.05, 3.63) is 48.3 Å². The molecule has 2 N–H and O–H groups in total. The SMILES string of the molecule is CCC(C)c1ccccc1Oc1cncc(N)c1. The van der Waals surface area contributed by atoms with Gasteiger partial charge in [-0.3, -0.25) is 4.98 Å². The number of hydrogen-bond acceptors (Lipinski definition) is 3. The minimum Gasteiger partial charge on any atom is -0.455 e. The first-order valence-electron chi connectivity index (χ1n) is 6.18. The summed E-state index contributed by atoms with van der Waals surface area (Å²) in [5, 5.41) is 0. The molecule has 2 aromatic rings. The Bertz CT molecular complexity index is 525. The first kappa shape index (κ1) is 12.4. The molecule has 1 atom stereocenters. The zero-order valence-electron chi connectivity index (χ0n) is 10.8. The van der Waals surface area contributed by atoms with Crippen molar-refractivity contribution in [2.24, 2.45) is 0 Å². The second kappa shape index (κ2) is 5.54. The minimum absolute atomic E-state index is 0.468. The highest BCUT2D eigenvalue weighted by Crippen LogP contribution is 2.31. The normalized spacial score (nSPS) is 12.1. The maximum Gasteiger partial charge on any atom is 0.147 e. The van der Waals surface area contributed by atoms with Crippen LogP contribution < -0.4 is 10.5 Å². The molecule has 18 heavy (non-hydrogen) atoms. The summed E-state index contributed by atoms with van der Waals surface area (Å²) in [5.74, 6) is 2.01. The van der Waals surface area contributed by atoms with Crippen molar-refractivity contribution in [1.29, 1.82) is 0 Å². The Morgan fingerprint density at radius 1 is 1.28 bits per heavy atom. The van der Waals surface area contributed by atoms with Gasteiger partial charge in [0, 0.05) is 6.07 Å². The van der Waals surface area contributed by atoms with E-state index in [2.05, 4.69) is 24.9 Å². The van der Waals surface area contributed by atoms with E-state index < -0.39 is 0 Å². The molecule has 0 spiro atoms. The molecule has 0 amide bonds. The number of nitrogens with zero attached hydrogens (tertiary/aromatic N) is 1. The van der Waals surface area contributed by atoms with E-state index in [1.54, 1.807) is 18.5 Å². The highest BCUT2D eigenvalue weighted by atomic mass is 16.5. The summed E-state index contributed by atoms with van der Waals surface area (Å²) >= 11 is 0. The van der Waals surface area contributed by atoms with E-state index in [0.29, 0.717) is 17.4 Å². The lowest BCUT2D eigenvalue weighted by Crippen LogP contribution is -1.96. The molecule has 0 radical (unpaired) electrons. The van der Waals surface area contributed by atoms with Gasteiger partial charge in [-0.1, -0.05) is 32.0 Å². The van der Waals surface area contributed by atoms with Gasteiger partial charge in [0.05, 0.1) is 18.1 Å². The van der Waals surface area contributed by atoms with Crippen LogP contribution >= 0.6 is 0 Å². The molecule has 0 bridgehead atoms. The summed E-state index contributed by atoms with van der Waals surface area (Å²) in [6.45, 7) is 4.36. The number of aromatic nitrogens is 1. The van der Waals surface area contributed by atoms with Crippen LogP contribution in [0.25, 0.3) is 0 Å². The largest absolute Gasteiger partial charge is 0.455 e. The van der Waals surface area contributed by atoms with Gasteiger partial charge in [-0.25, -0.2) is 0 Å². The van der Waals surface area contributed by atoms with E-state index in [-0.39, 0.29) is 0 Å². The number of hydrogen-bond donors (Lipinski definition) is 1. The average molecular weight is 242 g/mol. The Morgan fingerprint density at radius 2 is 2.06 bits per heavy atom. The Balaban J connectivity index is 2.29. The average Bonchev–Trinajstić information content (AvgIpc) is 2.38. The highest BCUT2D eigenvalue weighted by molar-refractivity contribution is 5.44. The molecule has 0 saturated carbocycles. The van der Waals surface area contributed by atoms with Crippen LogP contribution in [0.3, 0.4) is 0 Å². The highest BCUT2D eigenvalue weighted by Gasteiger charge is 2.10. The fourth-order valence-corrected chi connectivity index (χ4v) is 1.82. The predicted molar refractivity (Wildman–Crippen MR) is 73.9 cm³/mol. The van der Waals surface area contributed by atoms with Gasteiger partial charge in [-0.05, 0) is 24.0 Å². The Labute approximate surface area is 108 Å². The maximum atomic E-state index is 5.87. The van der Waals surface area contributed by atoms with Gasteiger partial charge in [0.25, 0.3) is 0 Å². The summed E-state index contributed by atoms with van der Waals surface area (Å²) < 4.78 is 5.87. The van der Waals surface area contributed by atoms with Gasteiger partial charge in [0.15, 0.2) is 0 Å².